The highest BCUT2D eigenvalue weighted by Crippen LogP contribution is 2.34. The molecule has 1 aromatic rings. The van der Waals surface area contributed by atoms with Crippen LogP contribution in [0.15, 0.2) is 18.2 Å². The van der Waals surface area contributed by atoms with Crippen LogP contribution in [0.3, 0.4) is 0 Å². The second-order valence-electron chi connectivity index (χ2n) is 4.94. The van der Waals surface area contributed by atoms with E-state index in [4.69, 9.17) is 11.0 Å². The molecule has 0 saturated carbocycles. The topological polar surface area (TPSA) is 65.1 Å². The van der Waals surface area contributed by atoms with Gasteiger partial charge in [0.2, 0.25) is 0 Å². The fourth-order valence-electron chi connectivity index (χ4n) is 2.14. The van der Waals surface area contributed by atoms with Crippen LogP contribution >= 0.6 is 0 Å². The van der Waals surface area contributed by atoms with Gasteiger partial charge >= 0.3 is 0 Å². The average Bonchev–Trinajstić information content (AvgIpc) is 2.37. The van der Waals surface area contributed by atoms with Crippen LogP contribution in [0.5, 0.6) is 0 Å². The summed E-state index contributed by atoms with van der Waals surface area (Å²) in [5.74, 6) is 0. The minimum Gasteiger partial charge on any atom is -0.382 e. The molecule has 4 heteroatoms. The zero-order chi connectivity index (χ0) is 12.5. The van der Waals surface area contributed by atoms with Crippen LogP contribution < -0.4 is 16.0 Å². The van der Waals surface area contributed by atoms with Crippen LogP contribution in [-0.2, 0) is 0 Å². The molecule has 0 bridgehead atoms. The molecule has 0 fully saturated rings. The standard InChI is InChI=1S/C13H18N4/c1-13(2,9-15)17-6-5-16-11-4-3-10(8-14)7-12(11)17/h3-4,7,16H,5-6,9,15H2,1-2H3. The molecule has 0 aliphatic carbocycles. The molecule has 0 spiro atoms. The van der Waals surface area contributed by atoms with Gasteiger partial charge in [0.25, 0.3) is 0 Å². The van der Waals surface area contributed by atoms with E-state index in [1.165, 1.54) is 0 Å². The van der Waals surface area contributed by atoms with Crippen LogP contribution in [0.4, 0.5) is 11.4 Å². The number of nitrogens with zero attached hydrogens (tertiary/aromatic N) is 2. The summed E-state index contributed by atoms with van der Waals surface area (Å²) < 4.78 is 0. The molecule has 1 heterocycles. The molecule has 0 saturated heterocycles. The van der Waals surface area contributed by atoms with Gasteiger partial charge in [-0.2, -0.15) is 5.26 Å². The van der Waals surface area contributed by atoms with Crippen molar-refractivity contribution >= 4 is 11.4 Å². The van der Waals surface area contributed by atoms with Crippen molar-refractivity contribution in [3.8, 4) is 6.07 Å². The van der Waals surface area contributed by atoms with Gasteiger partial charge in [0.1, 0.15) is 0 Å². The van der Waals surface area contributed by atoms with Crippen LogP contribution in [0, 0.1) is 11.3 Å². The second kappa shape index (κ2) is 4.27. The first kappa shape index (κ1) is 11.7. The van der Waals surface area contributed by atoms with Gasteiger partial charge in [-0.05, 0) is 32.0 Å². The fourth-order valence-corrected chi connectivity index (χ4v) is 2.14. The molecule has 0 radical (unpaired) electrons. The van der Waals surface area contributed by atoms with Crippen molar-refractivity contribution < 1.29 is 0 Å². The number of nitrogens with one attached hydrogen (secondary N) is 1. The third-order valence-corrected chi connectivity index (χ3v) is 3.30. The van der Waals surface area contributed by atoms with Crippen molar-refractivity contribution in [3.05, 3.63) is 23.8 Å². The number of nitriles is 1. The van der Waals surface area contributed by atoms with Crippen LogP contribution in [0.2, 0.25) is 0 Å². The Morgan fingerprint density at radius 2 is 2.29 bits per heavy atom. The summed E-state index contributed by atoms with van der Waals surface area (Å²) in [5, 5.41) is 12.3. The third kappa shape index (κ3) is 2.06. The molecule has 1 aliphatic heterocycles. The molecule has 0 atom stereocenters. The fraction of sp³-hybridized carbons (Fsp3) is 0.462. The minimum absolute atomic E-state index is 0.0923. The van der Waals surface area contributed by atoms with Gasteiger partial charge in [-0.25, -0.2) is 0 Å². The van der Waals surface area contributed by atoms with E-state index in [0.29, 0.717) is 12.1 Å². The largest absolute Gasteiger partial charge is 0.382 e. The molecule has 0 aromatic heterocycles. The average molecular weight is 230 g/mol. The summed E-state index contributed by atoms with van der Waals surface area (Å²) >= 11 is 0. The van der Waals surface area contributed by atoms with E-state index in [9.17, 15) is 0 Å². The zero-order valence-electron chi connectivity index (χ0n) is 10.3. The van der Waals surface area contributed by atoms with E-state index in [1.54, 1.807) is 0 Å². The highest BCUT2D eigenvalue weighted by atomic mass is 15.2. The molecule has 17 heavy (non-hydrogen) atoms. The van der Waals surface area contributed by atoms with E-state index in [0.717, 1.165) is 24.5 Å². The first-order valence-electron chi connectivity index (χ1n) is 5.84. The highest BCUT2D eigenvalue weighted by Gasteiger charge is 2.29. The Balaban J connectivity index is 2.46. The maximum atomic E-state index is 8.97. The monoisotopic (exact) mass is 230 g/mol. The first-order chi connectivity index (χ1) is 8.08. The number of fused-ring (bicyclic) bond motifs is 1. The van der Waals surface area contributed by atoms with Crippen molar-refractivity contribution in [1.29, 1.82) is 5.26 Å². The summed E-state index contributed by atoms with van der Waals surface area (Å²) in [7, 11) is 0. The number of hydrogen-bond acceptors (Lipinski definition) is 4. The lowest BCUT2D eigenvalue weighted by molar-refractivity contribution is 0.470. The molecule has 4 nitrogen and oxygen atoms in total. The van der Waals surface area contributed by atoms with Gasteiger partial charge in [0.15, 0.2) is 0 Å². The lowest BCUT2D eigenvalue weighted by Crippen LogP contribution is -2.53. The Bertz CT molecular complexity index is 459. The van der Waals surface area contributed by atoms with E-state index in [1.807, 2.05) is 18.2 Å². The van der Waals surface area contributed by atoms with Crippen LogP contribution in [-0.4, -0.2) is 25.2 Å². The molecular weight excluding hydrogens is 212 g/mol. The lowest BCUT2D eigenvalue weighted by atomic mass is 9.99. The maximum absolute atomic E-state index is 8.97. The van der Waals surface area contributed by atoms with Gasteiger partial charge in [-0.15, -0.1) is 0 Å². The summed E-state index contributed by atoms with van der Waals surface area (Å²) in [5.41, 5.74) is 8.59. The van der Waals surface area contributed by atoms with Crippen LogP contribution in [0.1, 0.15) is 19.4 Å². The normalized spacial score (nSPS) is 14.8. The molecule has 90 valence electrons. The summed E-state index contributed by atoms with van der Waals surface area (Å²) in [6, 6.07) is 7.91. The number of benzene rings is 1. The molecule has 0 unspecified atom stereocenters. The summed E-state index contributed by atoms with van der Waals surface area (Å²) in [6.45, 7) is 6.65. The number of nitrogens with two attached hydrogens (primary N) is 1. The Labute approximate surface area is 102 Å². The molecule has 3 N–H and O–H groups in total. The van der Waals surface area contributed by atoms with Crippen molar-refractivity contribution in [2.45, 2.75) is 19.4 Å². The Morgan fingerprint density at radius 1 is 1.53 bits per heavy atom. The van der Waals surface area contributed by atoms with E-state index in [-0.39, 0.29) is 5.54 Å². The van der Waals surface area contributed by atoms with E-state index >= 15 is 0 Å². The molecular formula is C13H18N4. The van der Waals surface area contributed by atoms with E-state index in [2.05, 4.69) is 30.1 Å². The van der Waals surface area contributed by atoms with Gasteiger partial charge in [-0.1, -0.05) is 0 Å². The van der Waals surface area contributed by atoms with Crippen molar-refractivity contribution in [2.75, 3.05) is 29.9 Å². The third-order valence-electron chi connectivity index (χ3n) is 3.30. The second-order valence-corrected chi connectivity index (χ2v) is 4.94. The molecule has 0 amide bonds. The number of rotatable bonds is 2. The molecule has 1 aromatic carbocycles. The van der Waals surface area contributed by atoms with Gasteiger partial charge in [0.05, 0.1) is 23.0 Å². The number of hydrogen-bond donors (Lipinski definition) is 2. The smallest absolute Gasteiger partial charge is 0.0992 e. The first-order valence-corrected chi connectivity index (χ1v) is 5.84. The van der Waals surface area contributed by atoms with E-state index < -0.39 is 0 Å². The quantitative estimate of drug-likeness (QED) is 0.808. The van der Waals surface area contributed by atoms with Crippen molar-refractivity contribution in [1.82, 2.24) is 0 Å². The Hall–Kier alpha value is -1.73. The van der Waals surface area contributed by atoms with Gasteiger partial charge in [0, 0.05) is 25.2 Å². The Kier molecular flexibility index (Phi) is 2.95. The highest BCUT2D eigenvalue weighted by molar-refractivity contribution is 5.74. The van der Waals surface area contributed by atoms with Crippen molar-refractivity contribution in [3.63, 3.8) is 0 Å². The van der Waals surface area contributed by atoms with Gasteiger partial charge in [-0.3, -0.25) is 0 Å². The van der Waals surface area contributed by atoms with Crippen LogP contribution in [0.25, 0.3) is 0 Å². The number of anilines is 2. The predicted molar refractivity (Wildman–Crippen MR) is 70.1 cm³/mol. The Morgan fingerprint density at radius 3 is 2.94 bits per heavy atom. The summed E-state index contributed by atoms with van der Waals surface area (Å²) in [6.07, 6.45) is 0. The summed E-state index contributed by atoms with van der Waals surface area (Å²) in [4.78, 5) is 2.28. The minimum atomic E-state index is -0.0923. The van der Waals surface area contributed by atoms with Gasteiger partial charge < -0.3 is 16.0 Å². The molecule has 1 aliphatic rings. The maximum Gasteiger partial charge on any atom is 0.0992 e. The lowest BCUT2D eigenvalue weighted by Gasteiger charge is -2.43. The predicted octanol–water partition coefficient (Wildman–Crippen LogP) is 1.53. The SMILES string of the molecule is CC(C)(CN)N1CCNc2ccc(C#N)cc21. The molecule has 2 rings (SSSR count). The zero-order valence-corrected chi connectivity index (χ0v) is 10.3. The van der Waals surface area contributed by atoms with Crippen molar-refractivity contribution in [2.24, 2.45) is 5.73 Å².